The van der Waals surface area contributed by atoms with Gasteiger partial charge in [0, 0.05) is 5.41 Å². The lowest BCUT2D eigenvalue weighted by atomic mass is 9.84. The van der Waals surface area contributed by atoms with E-state index in [9.17, 15) is 4.79 Å². The minimum absolute atomic E-state index is 0.0469. The second-order valence-corrected chi connectivity index (χ2v) is 4.84. The maximum atomic E-state index is 11.5. The SMILES string of the molecule is C#CCOC(=O)CC12OCC(CCC)(CO1)CO2. The highest BCUT2D eigenvalue weighted by atomic mass is 16.9. The Morgan fingerprint density at radius 3 is 2.44 bits per heavy atom. The van der Waals surface area contributed by atoms with Crippen molar-refractivity contribution in [2.75, 3.05) is 26.4 Å². The third kappa shape index (κ3) is 2.66. The molecule has 0 aromatic heterocycles. The van der Waals surface area contributed by atoms with Crippen LogP contribution in [0.5, 0.6) is 0 Å². The van der Waals surface area contributed by atoms with Gasteiger partial charge in [0.1, 0.15) is 6.42 Å². The van der Waals surface area contributed by atoms with Gasteiger partial charge in [-0.2, -0.15) is 0 Å². The van der Waals surface area contributed by atoms with Crippen molar-refractivity contribution < 1.29 is 23.7 Å². The molecule has 100 valence electrons. The Hall–Kier alpha value is -1.09. The first kappa shape index (κ1) is 13.3. The van der Waals surface area contributed by atoms with E-state index in [0.717, 1.165) is 12.8 Å². The van der Waals surface area contributed by atoms with Gasteiger partial charge < -0.3 is 18.9 Å². The van der Waals surface area contributed by atoms with Crippen LogP contribution in [0.2, 0.25) is 0 Å². The van der Waals surface area contributed by atoms with E-state index in [2.05, 4.69) is 12.8 Å². The monoisotopic (exact) mass is 254 g/mol. The molecule has 5 nitrogen and oxygen atoms in total. The Labute approximate surface area is 107 Å². The molecule has 0 aromatic rings. The third-order valence-corrected chi connectivity index (χ3v) is 3.25. The summed E-state index contributed by atoms with van der Waals surface area (Å²) in [6.45, 7) is 3.74. The zero-order valence-corrected chi connectivity index (χ0v) is 10.6. The summed E-state index contributed by atoms with van der Waals surface area (Å²) in [4.78, 5) is 11.5. The number of esters is 1. The largest absolute Gasteiger partial charge is 0.452 e. The van der Waals surface area contributed by atoms with Crippen LogP contribution in [0, 0.1) is 17.8 Å². The fraction of sp³-hybridized carbons (Fsp3) is 0.769. The number of fused-ring (bicyclic) bond motifs is 3. The normalized spacial score (nSPS) is 34.0. The second kappa shape index (κ2) is 5.27. The number of hydrogen-bond acceptors (Lipinski definition) is 5. The lowest BCUT2D eigenvalue weighted by molar-refractivity contribution is -0.467. The molecule has 0 N–H and O–H groups in total. The summed E-state index contributed by atoms with van der Waals surface area (Å²) in [6, 6.07) is 0. The van der Waals surface area contributed by atoms with E-state index in [-0.39, 0.29) is 18.4 Å². The topological polar surface area (TPSA) is 54.0 Å². The van der Waals surface area contributed by atoms with Crippen molar-refractivity contribution >= 4 is 5.97 Å². The molecule has 0 unspecified atom stereocenters. The molecule has 0 saturated carbocycles. The maximum Gasteiger partial charge on any atom is 0.315 e. The highest BCUT2D eigenvalue weighted by Crippen LogP contribution is 2.42. The van der Waals surface area contributed by atoms with Crippen LogP contribution in [0.4, 0.5) is 0 Å². The molecule has 18 heavy (non-hydrogen) atoms. The molecule has 3 aliphatic heterocycles. The minimum atomic E-state index is -1.26. The summed E-state index contributed by atoms with van der Waals surface area (Å²) < 4.78 is 21.5. The highest BCUT2D eigenvalue weighted by Gasteiger charge is 2.53. The molecule has 0 amide bonds. The first-order valence-electron chi connectivity index (χ1n) is 6.15. The number of carbonyl (C=O) groups is 1. The molecular weight excluding hydrogens is 236 g/mol. The summed E-state index contributed by atoms with van der Waals surface area (Å²) in [5.74, 6) is 0.497. The molecule has 3 heterocycles. The summed E-state index contributed by atoms with van der Waals surface area (Å²) in [5.41, 5.74) is -0.0563. The summed E-state index contributed by atoms with van der Waals surface area (Å²) >= 11 is 0. The van der Waals surface area contributed by atoms with E-state index < -0.39 is 11.9 Å². The zero-order valence-electron chi connectivity index (χ0n) is 10.6. The van der Waals surface area contributed by atoms with Gasteiger partial charge in [-0.1, -0.05) is 19.3 Å². The van der Waals surface area contributed by atoms with E-state index in [1.165, 1.54) is 0 Å². The van der Waals surface area contributed by atoms with E-state index in [4.69, 9.17) is 25.4 Å². The van der Waals surface area contributed by atoms with Crippen molar-refractivity contribution in [3.8, 4) is 12.3 Å². The molecule has 3 rings (SSSR count). The molecule has 3 aliphatic rings. The van der Waals surface area contributed by atoms with Crippen LogP contribution in [0.3, 0.4) is 0 Å². The van der Waals surface area contributed by atoms with E-state index >= 15 is 0 Å². The zero-order chi connectivity index (χ0) is 13.1. The van der Waals surface area contributed by atoms with Gasteiger partial charge in [0.25, 0.3) is 5.97 Å². The summed E-state index contributed by atoms with van der Waals surface area (Å²) in [7, 11) is 0. The van der Waals surface area contributed by atoms with Gasteiger partial charge in [-0.3, -0.25) is 4.79 Å². The number of rotatable bonds is 5. The van der Waals surface area contributed by atoms with Crippen molar-refractivity contribution in [2.45, 2.75) is 32.2 Å². The predicted molar refractivity (Wildman–Crippen MR) is 62.3 cm³/mol. The molecular formula is C13H18O5. The molecule has 0 aromatic carbocycles. The second-order valence-electron chi connectivity index (χ2n) is 4.84. The van der Waals surface area contributed by atoms with Gasteiger partial charge in [-0.25, -0.2) is 0 Å². The van der Waals surface area contributed by atoms with Crippen molar-refractivity contribution in [3.05, 3.63) is 0 Å². The number of terminal acetylenes is 1. The summed E-state index contributed by atoms with van der Waals surface area (Å²) in [6.07, 6.45) is 6.97. The van der Waals surface area contributed by atoms with Gasteiger partial charge in [-0.05, 0) is 6.42 Å². The average molecular weight is 254 g/mol. The fourth-order valence-corrected chi connectivity index (χ4v) is 2.29. The number of hydrogen-bond donors (Lipinski definition) is 0. The third-order valence-electron chi connectivity index (χ3n) is 3.25. The van der Waals surface area contributed by atoms with Gasteiger partial charge in [-0.15, -0.1) is 6.42 Å². The Morgan fingerprint density at radius 2 is 1.94 bits per heavy atom. The van der Waals surface area contributed by atoms with E-state index in [1.54, 1.807) is 0 Å². The minimum Gasteiger partial charge on any atom is -0.452 e. The molecule has 3 fully saturated rings. The van der Waals surface area contributed by atoms with Gasteiger partial charge in [0.2, 0.25) is 0 Å². The smallest absolute Gasteiger partial charge is 0.315 e. The molecule has 5 heteroatoms. The first-order chi connectivity index (χ1) is 8.64. The van der Waals surface area contributed by atoms with Crippen LogP contribution in [0.1, 0.15) is 26.2 Å². The molecule has 0 atom stereocenters. The first-order valence-corrected chi connectivity index (χ1v) is 6.15. The Morgan fingerprint density at radius 1 is 1.33 bits per heavy atom. The Balaban J connectivity index is 1.89. The van der Waals surface area contributed by atoms with Crippen molar-refractivity contribution in [3.63, 3.8) is 0 Å². The van der Waals surface area contributed by atoms with Crippen LogP contribution in [-0.4, -0.2) is 38.4 Å². The Bertz CT molecular complexity index is 332. The average Bonchev–Trinajstić information content (AvgIpc) is 2.39. The molecule has 0 aliphatic carbocycles. The number of carbonyl (C=O) groups excluding carboxylic acids is 1. The standard InChI is InChI=1S/C13H18O5/c1-3-5-12-8-16-13(17-9-12,18-10-12)7-11(14)15-6-4-2/h2H,3,5-10H2,1H3. The van der Waals surface area contributed by atoms with Gasteiger partial charge in [0.15, 0.2) is 6.61 Å². The number of ether oxygens (including phenoxy) is 4. The molecule has 0 radical (unpaired) electrons. The van der Waals surface area contributed by atoms with E-state index in [0.29, 0.717) is 19.8 Å². The van der Waals surface area contributed by atoms with Crippen LogP contribution >= 0.6 is 0 Å². The van der Waals surface area contributed by atoms with Crippen molar-refractivity contribution in [1.29, 1.82) is 0 Å². The van der Waals surface area contributed by atoms with Crippen LogP contribution in [0.15, 0.2) is 0 Å². The van der Waals surface area contributed by atoms with Gasteiger partial charge >= 0.3 is 5.97 Å². The quantitative estimate of drug-likeness (QED) is 0.542. The van der Waals surface area contributed by atoms with Crippen molar-refractivity contribution in [1.82, 2.24) is 0 Å². The lowest BCUT2D eigenvalue weighted by Gasteiger charge is -2.51. The molecule has 0 spiro atoms. The van der Waals surface area contributed by atoms with Gasteiger partial charge in [0.05, 0.1) is 19.8 Å². The maximum absolute atomic E-state index is 11.5. The molecule has 3 saturated heterocycles. The van der Waals surface area contributed by atoms with Crippen LogP contribution < -0.4 is 0 Å². The Kier molecular flexibility index (Phi) is 3.91. The highest BCUT2D eigenvalue weighted by molar-refractivity contribution is 5.70. The van der Waals surface area contributed by atoms with E-state index in [1.807, 2.05) is 0 Å². The van der Waals surface area contributed by atoms with Crippen molar-refractivity contribution in [2.24, 2.45) is 5.41 Å². The van der Waals surface area contributed by atoms with Crippen LogP contribution in [0.25, 0.3) is 0 Å². The predicted octanol–water partition coefficient (Wildman–Crippen LogP) is 1.07. The van der Waals surface area contributed by atoms with Crippen LogP contribution in [-0.2, 0) is 23.7 Å². The summed E-state index contributed by atoms with van der Waals surface area (Å²) in [5, 5.41) is 0. The molecule has 2 bridgehead atoms. The fourth-order valence-electron chi connectivity index (χ4n) is 2.29. The lowest BCUT2D eigenvalue weighted by Crippen LogP contribution is -2.60.